The second-order valence-electron chi connectivity index (χ2n) is 5.25. The Morgan fingerprint density at radius 2 is 2.17 bits per heavy atom. The summed E-state index contributed by atoms with van der Waals surface area (Å²) in [5.74, 6) is 0.879. The van der Waals surface area contributed by atoms with Gasteiger partial charge in [0.1, 0.15) is 5.75 Å². The van der Waals surface area contributed by atoms with Crippen molar-refractivity contribution in [3.05, 3.63) is 23.2 Å². The van der Waals surface area contributed by atoms with Gasteiger partial charge in [-0.2, -0.15) is 0 Å². The SMILES string of the molecule is CNC1CCN(c2cc(Cl)ccc2OC)C1(C)C. The number of anilines is 1. The molecule has 1 aliphatic heterocycles. The van der Waals surface area contributed by atoms with Crippen LogP contribution in [-0.2, 0) is 0 Å². The van der Waals surface area contributed by atoms with Gasteiger partial charge in [0.15, 0.2) is 0 Å². The summed E-state index contributed by atoms with van der Waals surface area (Å²) in [5, 5.41) is 4.14. The fourth-order valence-corrected chi connectivity index (χ4v) is 3.06. The van der Waals surface area contributed by atoms with E-state index >= 15 is 0 Å². The second kappa shape index (κ2) is 4.98. The van der Waals surface area contributed by atoms with Crippen molar-refractivity contribution in [1.82, 2.24) is 5.32 Å². The average molecular weight is 269 g/mol. The first kappa shape index (κ1) is 13.5. The van der Waals surface area contributed by atoms with Crippen LogP contribution in [0.5, 0.6) is 5.75 Å². The Labute approximate surface area is 114 Å². The number of rotatable bonds is 3. The standard InChI is InChI=1S/C14H21ClN2O/c1-14(2)13(16-3)7-8-17(14)11-9-10(15)5-6-12(11)18-4/h5-6,9,13,16H,7-8H2,1-4H3. The number of methoxy groups -OCH3 is 1. The van der Waals surface area contributed by atoms with Gasteiger partial charge in [0.2, 0.25) is 0 Å². The molecule has 1 N–H and O–H groups in total. The maximum Gasteiger partial charge on any atom is 0.142 e. The van der Waals surface area contributed by atoms with E-state index in [0.29, 0.717) is 6.04 Å². The third kappa shape index (κ3) is 2.17. The van der Waals surface area contributed by atoms with Gasteiger partial charge in [0, 0.05) is 17.6 Å². The van der Waals surface area contributed by atoms with Crippen LogP contribution in [0.25, 0.3) is 0 Å². The molecule has 0 amide bonds. The number of halogens is 1. The highest BCUT2D eigenvalue weighted by molar-refractivity contribution is 6.30. The summed E-state index contributed by atoms with van der Waals surface area (Å²) in [6.07, 6.45) is 1.12. The van der Waals surface area contributed by atoms with E-state index in [1.54, 1.807) is 7.11 Å². The molecule has 0 spiro atoms. The van der Waals surface area contributed by atoms with Crippen LogP contribution in [0.4, 0.5) is 5.69 Å². The van der Waals surface area contributed by atoms with Gasteiger partial charge in [0.25, 0.3) is 0 Å². The van der Waals surface area contributed by atoms with Gasteiger partial charge in [-0.05, 0) is 45.5 Å². The summed E-state index contributed by atoms with van der Waals surface area (Å²) in [7, 11) is 3.72. The topological polar surface area (TPSA) is 24.5 Å². The van der Waals surface area contributed by atoms with Gasteiger partial charge in [-0.3, -0.25) is 0 Å². The summed E-state index contributed by atoms with van der Waals surface area (Å²) in [6.45, 7) is 5.51. The van der Waals surface area contributed by atoms with E-state index in [1.165, 1.54) is 0 Å². The lowest BCUT2D eigenvalue weighted by Crippen LogP contribution is -2.50. The van der Waals surface area contributed by atoms with Crippen molar-refractivity contribution in [3.8, 4) is 5.75 Å². The Morgan fingerprint density at radius 3 is 2.72 bits per heavy atom. The molecule has 0 bridgehead atoms. The molecule has 0 aliphatic carbocycles. The molecule has 1 unspecified atom stereocenters. The van der Waals surface area contributed by atoms with Crippen LogP contribution in [0.3, 0.4) is 0 Å². The molecule has 1 fully saturated rings. The zero-order valence-corrected chi connectivity index (χ0v) is 12.2. The lowest BCUT2D eigenvalue weighted by molar-refractivity contribution is 0.389. The lowest BCUT2D eigenvalue weighted by atomic mass is 9.95. The van der Waals surface area contributed by atoms with Crippen LogP contribution < -0.4 is 15.0 Å². The molecule has 1 aliphatic rings. The number of benzene rings is 1. The molecule has 100 valence electrons. The lowest BCUT2D eigenvalue weighted by Gasteiger charge is -2.38. The van der Waals surface area contributed by atoms with Crippen molar-refractivity contribution in [3.63, 3.8) is 0 Å². The Hall–Kier alpha value is -0.930. The fraction of sp³-hybridized carbons (Fsp3) is 0.571. The first-order valence-electron chi connectivity index (χ1n) is 6.29. The molecule has 0 aromatic heterocycles. The summed E-state index contributed by atoms with van der Waals surface area (Å²) in [4.78, 5) is 2.37. The molecular weight excluding hydrogens is 248 g/mol. The highest BCUT2D eigenvalue weighted by Gasteiger charge is 2.41. The molecule has 0 radical (unpaired) electrons. The van der Waals surface area contributed by atoms with Crippen LogP contribution in [0.1, 0.15) is 20.3 Å². The second-order valence-corrected chi connectivity index (χ2v) is 5.69. The number of ether oxygens (including phenoxy) is 1. The molecule has 1 heterocycles. The first-order valence-corrected chi connectivity index (χ1v) is 6.67. The van der Waals surface area contributed by atoms with E-state index in [1.807, 2.05) is 25.2 Å². The van der Waals surface area contributed by atoms with Crippen LogP contribution in [0, 0.1) is 0 Å². The van der Waals surface area contributed by atoms with Crippen molar-refractivity contribution in [2.45, 2.75) is 31.8 Å². The van der Waals surface area contributed by atoms with Gasteiger partial charge >= 0.3 is 0 Å². The zero-order valence-electron chi connectivity index (χ0n) is 11.5. The first-order chi connectivity index (χ1) is 8.50. The van der Waals surface area contributed by atoms with Gasteiger partial charge in [-0.15, -0.1) is 0 Å². The molecule has 0 saturated carbocycles. The van der Waals surface area contributed by atoms with E-state index < -0.39 is 0 Å². The number of hydrogen-bond acceptors (Lipinski definition) is 3. The van der Waals surface area contributed by atoms with Crippen molar-refractivity contribution in [2.24, 2.45) is 0 Å². The summed E-state index contributed by atoms with van der Waals surface area (Å²) < 4.78 is 5.45. The minimum atomic E-state index is 0.0483. The Bertz CT molecular complexity index is 434. The molecule has 1 aromatic carbocycles. The van der Waals surface area contributed by atoms with Crippen LogP contribution in [0.15, 0.2) is 18.2 Å². The summed E-state index contributed by atoms with van der Waals surface area (Å²) >= 11 is 6.12. The molecule has 1 saturated heterocycles. The van der Waals surface area contributed by atoms with E-state index in [0.717, 1.165) is 29.4 Å². The smallest absolute Gasteiger partial charge is 0.142 e. The Kier molecular flexibility index (Phi) is 3.74. The molecule has 3 nitrogen and oxygen atoms in total. The van der Waals surface area contributed by atoms with E-state index in [9.17, 15) is 0 Å². The monoisotopic (exact) mass is 268 g/mol. The van der Waals surface area contributed by atoms with Gasteiger partial charge < -0.3 is 15.0 Å². The van der Waals surface area contributed by atoms with Crippen molar-refractivity contribution in [1.29, 1.82) is 0 Å². The van der Waals surface area contributed by atoms with Crippen molar-refractivity contribution in [2.75, 3.05) is 25.6 Å². The minimum absolute atomic E-state index is 0.0483. The quantitative estimate of drug-likeness (QED) is 0.912. The van der Waals surface area contributed by atoms with Gasteiger partial charge in [-0.25, -0.2) is 0 Å². The summed E-state index contributed by atoms with van der Waals surface area (Å²) in [6, 6.07) is 6.25. The van der Waals surface area contributed by atoms with Crippen LogP contribution >= 0.6 is 11.6 Å². The molecule has 1 atom stereocenters. The van der Waals surface area contributed by atoms with E-state index in [4.69, 9.17) is 16.3 Å². The third-order valence-corrected chi connectivity index (χ3v) is 4.21. The molecular formula is C14H21ClN2O. The number of nitrogens with one attached hydrogen (secondary N) is 1. The van der Waals surface area contributed by atoms with E-state index in [-0.39, 0.29) is 5.54 Å². The average Bonchev–Trinajstić information content (AvgIpc) is 2.63. The minimum Gasteiger partial charge on any atom is -0.495 e. The number of hydrogen-bond donors (Lipinski definition) is 1. The number of nitrogens with zero attached hydrogens (tertiary/aromatic N) is 1. The van der Waals surface area contributed by atoms with Crippen LogP contribution in [-0.4, -0.2) is 32.3 Å². The molecule has 4 heteroatoms. The van der Waals surface area contributed by atoms with Crippen molar-refractivity contribution >= 4 is 17.3 Å². The predicted molar refractivity (Wildman–Crippen MR) is 76.9 cm³/mol. The molecule has 1 aromatic rings. The normalized spacial score (nSPS) is 22.3. The highest BCUT2D eigenvalue weighted by atomic mass is 35.5. The maximum atomic E-state index is 6.12. The Morgan fingerprint density at radius 1 is 1.44 bits per heavy atom. The van der Waals surface area contributed by atoms with Crippen molar-refractivity contribution < 1.29 is 4.74 Å². The predicted octanol–water partition coefficient (Wildman–Crippen LogP) is 2.93. The maximum absolute atomic E-state index is 6.12. The zero-order chi connectivity index (χ0) is 13.3. The summed E-state index contributed by atoms with van der Waals surface area (Å²) in [5.41, 5.74) is 1.12. The third-order valence-electron chi connectivity index (χ3n) is 3.97. The van der Waals surface area contributed by atoms with Crippen LogP contribution in [0.2, 0.25) is 5.02 Å². The molecule has 2 rings (SSSR count). The van der Waals surface area contributed by atoms with Gasteiger partial charge in [0.05, 0.1) is 18.3 Å². The number of likely N-dealkylation sites (N-methyl/N-ethyl adjacent to an activating group) is 1. The Balaban J connectivity index is 2.40. The van der Waals surface area contributed by atoms with Gasteiger partial charge in [-0.1, -0.05) is 11.6 Å². The fourth-order valence-electron chi connectivity index (χ4n) is 2.89. The largest absolute Gasteiger partial charge is 0.495 e. The highest BCUT2D eigenvalue weighted by Crippen LogP contribution is 2.40. The molecule has 18 heavy (non-hydrogen) atoms. The van der Waals surface area contributed by atoms with E-state index in [2.05, 4.69) is 24.1 Å².